The van der Waals surface area contributed by atoms with Gasteiger partial charge in [0, 0.05) is 37.3 Å². The highest BCUT2D eigenvalue weighted by molar-refractivity contribution is 5.52. The van der Waals surface area contributed by atoms with Crippen LogP contribution in [0.2, 0.25) is 0 Å². The van der Waals surface area contributed by atoms with Gasteiger partial charge in [-0.05, 0) is 18.2 Å². The largest absolute Gasteiger partial charge is 0.496 e. The molecule has 1 saturated heterocycles. The molecular weight excluding hydrogens is 326 g/mol. The van der Waals surface area contributed by atoms with Crippen molar-refractivity contribution in [2.45, 2.75) is 12.6 Å². The first-order valence-corrected chi connectivity index (χ1v) is 8.92. The fourth-order valence-corrected chi connectivity index (χ4v) is 3.48. The van der Waals surface area contributed by atoms with Gasteiger partial charge in [-0.1, -0.05) is 36.4 Å². The third-order valence-electron chi connectivity index (χ3n) is 4.79. The van der Waals surface area contributed by atoms with Crippen LogP contribution in [0.15, 0.2) is 65.3 Å². The van der Waals surface area contributed by atoms with Gasteiger partial charge >= 0.3 is 0 Å². The van der Waals surface area contributed by atoms with Crippen LogP contribution in [0.3, 0.4) is 0 Å². The van der Waals surface area contributed by atoms with Crippen LogP contribution in [0.4, 0.5) is 0 Å². The summed E-state index contributed by atoms with van der Waals surface area (Å²) in [6.45, 7) is 3.57. The monoisotopic (exact) mass is 349 g/mol. The molecule has 1 unspecified atom stereocenters. The van der Waals surface area contributed by atoms with Gasteiger partial charge in [-0.3, -0.25) is 4.90 Å². The molecule has 1 fully saturated rings. The van der Waals surface area contributed by atoms with Crippen LogP contribution in [0.5, 0.6) is 5.75 Å². The summed E-state index contributed by atoms with van der Waals surface area (Å²) >= 11 is 0. The summed E-state index contributed by atoms with van der Waals surface area (Å²) in [7, 11) is 1.73. The molecule has 1 aromatic heterocycles. The minimum absolute atomic E-state index is 0.247. The first-order chi connectivity index (χ1) is 12.8. The highest BCUT2D eigenvalue weighted by Crippen LogP contribution is 2.31. The van der Waals surface area contributed by atoms with E-state index >= 15 is 0 Å². The fraction of sp³-hybridized carbons (Fsp3) is 0.286. The maximum atomic E-state index is 5.70. The van der Waals surface area contributed by atoms with Crippen molar-refractivity contribution < 1.29 is 9.15 Å². The van der Waals surface area contributed by atoms with Gasteiger partial charge in [-0.15, -0.1) is 0 Å². The number of hydrogen-bond donors (Lipinski definition) is 1. The molecular formula is C21H23N3O2. The van der Waals surface area contributed by atoms with E-state index in [1.165, 1.54) is 5.56 Å². The number of rotatable bonds is 5. The Bertz CT molecular complexity index is 847. The lowest BCUT2D eigenvalue weighted by atomic mass is 10.0. The van der Waals surface area contributed by atoms with Crippen molar-refractivity contribution in [2.75, 3.05) is 26.7 Å². The predicted octanol–water partition coefficient (Wildman–Crippen LogP) is 3.50. The maximum absolute atomic E-state index is 5.70. The third kappa shape index (κ3) is 3.49. The number of methoxy groups -OCH3 is 1. The SMILES string of the molecule is COc1ccccc1C1CNCCN1Cc1coc(-c2ccccc2)n1. The second-order valence-corrected chi connectivity index (χ2v) is 6.44. The highest BCUT2D eigenvalue weighted by Gasteiger charge is 2.27. The van der Waals surface area contributed by atoms with Gasteiger partial charge in [0.25, 0.3) is 0 Å². The molecule has 1 atom stereocenters. The van der Waals surface area contributed by atoms with Crippen LogP contribution >= 0.6 is 0 Å². The molecule has 3 aromatic rings. The number of para-hydroxylation sites is 1. The van der Waals surface area contributed by atoms with E-state index in [1.807, 2.05) is 42.5 Å². The molecule has 0 bridgehead atoms. The Morgan fingerprint density at radius 1 is 1.15 bits per heavy atom. The van der Waals surface area contributed by atoms with Crippen LogP contribution in [-0.2, 0) is 6.54 Å². The van der Waals surface area contributed by atoms with E-state index in [0.29, 0.717) is 5.89 Å². The molecule has 0 aliphatic carbocycles. The average molecular weight is 349 g/mol. The maximum Gasteiger partial charge on any atom is 0.226 e. The van der Waals surface area contributed by atoms with Crippen molar-refractivity contribution in [3.8, 4) is 17.2 Å². The summed E-state index contributed by atoms with van der Waals surface area (Å²) in [6, 6.07) is 18.5. The summed E-state index contributed by atoms with van der Waals surface area (Å²) in [6.07, 6.45) is 1.77. The van der Waals surface area contributed by atoms with E-state index in [9.17, 15) is 0 Å². The van der Waals surface area contributed by atoms with Gasteiger partial charge < -0.3 is 14.5 Å². The molecule has 5 nitrogen and oxygen atoms in total. The van der Waals surface area contributed by atoms with Crippen molar-refractivity contribution in [3.05, 3.63) is 72.1 Å². The van der Waals surface area contributed by atoms with Gasteiger partial charge in [-0.25, -0.2) is 4.98 Å². The summed E-state index contributed by atoms with van der Waals surface area (Å²) in [5, 5.41) is 3.49. The summed E-state index contributed by atoms with van der Waals surface area (Å²) in [4.78, 5) is 7.12. The molecule has 0 spiro atoms. The Morgan fingerprint density at radius 3 is 2.81 bits per heavy atom. The third-order valence-corrected chi connectivity index (χ3v) is 4.79. The van der Waals surface area contributed by atoms with Gasteiger partial charge in [-0.2, -0.15) is 0 Å². The zero-order valence-electron chi connectivity index (χ0n) is 14.9. The number of hydrogen-bond acceptors (Lipinski definition) is 5. The van der Waals surface area contributed by atoms with Crippen molar-refractivity contribution in [1.29, 1.82) is 0 Å². The number of ether oxygens (including phenoxy) is 1. The van der Waals surface area contributed by atoms with Crippen LogP contribution in [0, 0.1) is 0 Å². The van der Waals surface area contributed by atoms with Gasteiger partial charge in [0.2, 0.25) is 5.89 Å². The Morgan fingerprint density at radius 2 is 1.96 bits per heavy atom. The number of piperazine rings is 1. The van der Waals surface area contributed by atoms with Crippen molar-refractivity contribution in [3.63, 3.8) is 0 Å². The number of aromatic nitrogens is 1. The number of nitrogens with zero attached hydrogens (tertiary/aromatic N) is 2. The van der Waals surface area contributed by atoms with E-state index in [4.69, 9.17) is 9.15 Å². The molecule has 0 radical (unpaired) electrons. The molecule has 26 heavy (non-hydrogen) atoms. The molecule has 0 saturated carbocycles. The van der Waals surface area contributed by atoms with Gasteiger partial charge in [0.15, 0.2) is 0 Å². The Kier molecular flexibility index (Phi) is 5.00. The molecule has 2 aromatic carbocycles. The second-order valence-electron chi connectivity index (χ2n) is 6.44. The average Bonchev–Trinajstić information content (AvgIpc) is 3.18. The van der Waals surface area contributed by atoms with Gasteiger partial charge in [0.05, 0.1) is 18.8 Å². The molecule has 5 heteroatoms. The molecule has 1 aliphatic rings. The van der Waals surface area contributed by atoms with E-state index in [1.54, 1.807) is 13.4 Å². The van der Waals surface area contributed by atoms with E-state index in [0.717, 1.165) is 43.2 Å². The summed E-state index contributed by atoms with van der Waals surface area (Å²) in [5.74, 6) is 1.60. The van der Waals surface area contributed by atoms with Gasteiger partial charge in [0.1, 0.15) is 12.0 Å². The molecule has 2 heterocycles. The topological polar surface area (TPSA) is 50.5 Å². The lowest BCUT2D eigenvalue weighted by Crippen LogP contribution is -2.45. The molecule has 4 rings (SSSR count). The quantitative estimate of drug-likeness (QED) is 0.764. The molecule has 1 N–H and O–H groups in total. The smallest absolute Gasteiger partial charge is 0.226 e. The zero-order chi connectivity index (χ0) is 17.8. The highest BCUT2D eigenvalue weighted by atomic mass is 16.5. The zero-order valence-corrected chi connectivity index (χ0v) is 14.9. The van der Waals surface area contributed by atoms with Crippen molar-refractivity contribution in [2.24, 2.45) is 0 Å². The molecule has 0 amide bonds. The Balaban J connectivity index is 1.55. The van der Waals surface area contributed by atoms with Crippen LogP contribution in [0.1, 0.15) is 17.3 Å². The van der Waals surface area contributed by atoms with Crippen LogP contribution in [-0.4, -0.2) is 36.6 Å². The number of benzene rings is 2. The molecule has 134 valence electrons. The first-order valence-electron chi connectivity index (χ1n) is 8.92. The summed E-state index contributed by atoms with van der Waals surface area (Å²) in [5.41, 5.74) is 3.15. The minimum atomic E-state index is 0.247. The Hall–Kier alpha value is -2.63. The van der Waals surface area contributed by atoms with Crippen LogP contribution in [0.25, 0.3) is 11.5 Å². The van der Waals surface area contributed by atoms with E-state index in [-0.39, 0.29) is 6.04 Å². The summed E-state index contributed by atoms with van der Waals surface area (Å²) < 4.78 is 11.3. The first kappa shape index (κ1) is 16.8. The van der Waals surface area contributed by atoms with Crippen molar-refractivity contribution in [1.82, 2.24) is 15.2 Å². The number of oxazole rings is 1. The fourth-order valence-electron chi connectivity index (χ4n) is 3.48. The van der Waals surface area contributed by atoms with Crippen molar-refractivity contribution >= 4 is 0 Å². The molecule has 1 aliphatic heterocycles. The van der Waals surface area contributed by atoms with E-state index in [2.05, 4.69) is 27.3 Å². The normalized spacial score (nSPS) is 18.0. The lowest BCUT2D eigenvalue weighted by Gasteiger charge is -2.36. The predicted molar refractivity (Wildman–Crippen MR) is 101 cm³/mol. The number of nitrogens with one attached hydrogen (secondary N) is 1. The Labute approximate surface area is 153 Å². The second kappa shape index (κ2) is 7.72. The van der Waals surface area contributed by atoms with Crippen LogP contribution < -0.4 is 10.1 Å². The lowest BCUT2D eigenvalue weighted by molar-refractivity contribution is 0.149. The van der Waals surface area contributed by atoms with E-state index < -0.39 is 0 Å². The minimum Gasteiger partial charge on any atom is -0.496 e. The standard InChI is InChI=1S/C21H23N3O2/c1-25-20-10-6-5-9-18(20)19-13-22-11-12-24(19)14-17-15-26-21(23-17)16-7-3-2-4-8-16/h2-10,15,19,22H,11-14H2,1H3.